The van der Waals surface area contributed by atoms with E-state index in [0.717, 1.165) is 17.6 Å². The van der Waals surface area contributed by atoms with Crippen molar-refractivity contribution < 1.29 is 9.53 Å². The fraction of sp³-hybridized carbons (Fsp3) is 0.462. The van der Waals surface area contributed by atoms with Crippen LogP contribution in [0.5, 0.6) is 5.75 Å². The topological polar surface area (TPSA) is 26.3 Å². The molecule has 0 heterocycles. The van der Waals surface area contributed by atoms with Gasteiger partial charge < -0.3 is 9.53 Å². The van der Waals surface area contributed by atoms with E-state index in [0.29, 0.717) is 6.42 Å². The molecule has 0 atom stereocenters. The first-order chi connectivity index (χ1) is 6.98. The van der Waals surface area contributed by atoms with E-state index in [4.69, 9.17) is 4.74 Å². The number of ether oxygens (including phenoxy) is 1. The van der Waals surface area contributed by atoms with E-state index < -0.39 is 0 Å². The molecule has 0 radical (unpaired) electrons. The van der Waals surface area contributed by atoms with Crippen LogP contribution in [0.4, 0.5) is 0 Å². The third kappa shape index (κ3) is 3.08. The number of aldehydes is 1. The van der Waals surface area contributed by atoms with Crippen molar-refractivity contribution in [2.75, 3.05) is 7.11 Å². The lowest BCUT2D eigenvalue weighted by molar-refractivity contribution is -0.114. The Morgan fingerprint density at radius 2 is 2.07 bits per heavy atom. The van der Waals surface area contributed by atoms with Crippen molar-refractivity contribution in [2.45, 2.75) is 27.2 Å². The van der Waals surface area contributed by atoms with Gasteiger partial charge in [-0.1, -0.05) is 31.5 Å². The molecule has 2 nitrogen and oxygen atoms in total. The summed E-state index contributed by atoms with van der Waals surface area (Å²) in [5.74, 6) is 0.857. The summed E-state index contributed by atoms with van der Waals surface area (Å²) in [6, 6.07) is 6.03. The molecule has 0 saturated carbocycles. The molecule has 0 aliphatic heterocycles. The molecule has 0 aliphatic rings. The van der Waals surface area contributed by atoms with Crippen molar-refractivity contribution in [1.29, 1.82) is 0 Å². The predicted molar refractivity (Wildman–Crippen MR) is 61.3 cm³/mol. The number of methoxy groups -OCH3 is 1. The molecule has 0 amide bonds. The van der Waals surface area contributed by atoms with Crippen LogP contribution in [-0.2, 0) is 11.2 Å². The van der Waals surface area contributed by atoms with E-state index in [1.54, 1.807) is 7.11 Å². The fourth-order valence-electron chi connectivity index (χ4n) is 1.58. The van der Waals surface area contributed by atoms with Crippen LogP contribution in [-0.4, -0.2) is 13.4 Å². The summed E-state index contributed by atoms with van der Waals surface area (Å²) in [7, 11) is 1.65. The molecule has 0 saturated heterocycles. The Balaban J connectivity index is 3.02. The number of hydrogen-bond donors (Lipinski definition) is 0. The van der Waals surface area contributed by atoms with Crippen LogP contribution in [0.3, 0.4) is 0 Å². The van der Waals surface area contributed by atoms with Crippen molar-refractivity contribution in [3.63, 3.8) is 0 Å². The molecule has 1 aromatic rings. The second kappa shape index (κ2) is 4.47. The third-order valence-electron chi connectivity index (χ3n) is 2.40. The van der Waals surface area contributed by atoms with Crippen molar-refractivity contribution >= 4 is 6.29 Å². The lowest BCUT2D eigenvalue weighted by Gasteiger charge is -2.18. The van der Waals surface area contributed by atoms with Crippen LogP contribution in [0.1, 0.15) is 25.0 Å². The first-order valence-electron chi connectivity index (χ1n) is 5.08. The molecule has 2 heteroatoms. The van der Waals surface area contributed by atoms with Gasteiger partial charge in [0.25, 0.3) is 0 Å². The molecule has 0 aliphatic carbocycles. The van der Waals surface area contributed by atoms with Gasteiger partial charge in [0, 0.05) is 5.41 Å². The van der Waals surface area contributed by atoms with E-state index in [9.17, 15) is 4.79 Å². The zero-order valence-corrected chi connectivity index (χ0v) is 9.83. The minimum absolute atomic E-state index is 0.332. The molecule has 1 rings (SSSR count). The number of hydrogen-bond acceptors (Lipinski definition) is 2. The SMILES string of the molecule is COc1ccc(C)cc1CC(C)(C)C=O. The van der Waals surface area contributed by atoms with Crippen LogP contribution >= 0.6 is 0 Å². The summed E-state index contributed by atoms with van der Waals surface area (Å²) in [6.07, 6.45) is 1.70. The van der Waals surface area contributed by atoms with Gasteiger partial charge in [0.15, 0.2) is 0 Å². The Morgan fingerprint density at radius 1 is 1.40 bits per heavy atom. The van der Waals surface area contributed by atoms with Crippen LogP contribution in [0.15, 0.2) is 18.2 Å². The molecule has 0 bridgehead atoms. The number of benzene rings is 1. The second-order valence-electron chi connectivity index (χ2n) is 4.60. The highest BCUT2D eigenvalue weighted by atomic mass is 16.5. The number of carbonyl (C=O) groups is 1. The quantitative estimate of drug-likeness (QED) is 0.708. The largest absolute Gasteiger partial charge is 0.496 e. The van der Waals surface area contributed by atoms with Crippen molar-refractivity contribution in [3.8, 4) is 5.75 Å². The van der Waals surface area contributed by atoms with Gasteiger partial charge >= 0.3 is 0 Å². The molecular formula is C13H18O2. The van der Waals surface area contributed by atoms with Crippen LogP contribution in [0.25, 0.3) is 0 Å². The Kier molecular flexibility index (Phi) is 3.51. The van der Waals surface area contributed by atoms with Gasteiger partial charge in [-0.3, -0.25) is 0 Å². The number of aryl methyl sites for hydroxylation is 1. The van der Waals surface area contributed by atoms with E-state index >= 15 is 0 Å². The van der Waals surface area contributed by atoms with E-state index in [2.05, 4.69) is 6.07 Å². The van der Waals surface area contributed by atoms with E-state index in [-0.39, 0.29) is 5.41 Å². The monoisotopic (exact) mass is 206 g/mol. The highest BCUT2D eigenvalue weighted by molar-refractivity contribution is 5.59. The first kappa shape index (κ1) is 11.8. The van der Waals surface area contributed by atoms with Crippen molar-refractivity contribution in [1.82, 2.24) is 0 Å². The zero-order valence-electron chi connectivity index (χ0n) is 9.83. The second-order valence-corrected chi connectivity index (χ2v) is 4.60. The standard InChI is InChI=1S/C13H18O2/c1-10-5-6-12(15-4)11(7-10)8-13(2,3)9-14/h5-7,9H,8H2,1-4H3. The number of rotatable bonds is 4. The van der Waals surface area contributed by atoms with Gasteiger partial charge in [-0.2, -0.15) is 0 Å². The molecule has 1 aromatic carbocycles. The molecule has 82 valence electrons. The Morgan fingerprint density at radius 3 is 2.60 bits per heavy atom. The maximum absolute atomic E-state index is 10.9. The van der Waals surface area contributed by atoms with Gasteiger partial charge in [-0.05, 0) is 25.0 Å². The molecule has 15 heavy (non-hydrogen) atoms. The lowest BCUT2D eigenvalue weighted by Crippen LogP contribution is -2.17. The first-order valence-corrected chi connectivity index (χ1v) is 5.08. The van der Waals surface area contributed by atoms with E-state index in [1.807, 2.05) is 32.9 Å². The summed E-state index contributed by atoms with van der Waals surface area (Å²) >= 11 is 0. The summed E-state index contributed by atoms with van der Waals surface area (Å²) < 4.78 is 5.27. The van der Waals surface area contributed by atoms with Crippen molar-refractivity contribution in [2.24, 2.45) is 5.41 Å². The van der Waals surface area contributed by atoms with Gasteiger partial charge in [0.2, 0.25) is 0 Å². The minimum Gasteiger partial charge on any atom is -0.496 e. The average molecular weight is 206 g/mol. The minimum atomic E-state index is -0.332. The smallest absolute Gasteiger partial charge is 0.125 e. The summed E-state index contributed by atoms with van der Waals surface area (Å²) in [6.45, 7) is 5.90. The summed E-state index contributed by atoms with van der Waals surface area (Å²) in [5.41, 5.74) is 1.95. The molecule has 0 fully saturated rings. The highest BCUT2D eigenvalue weighted by Gasteiger charge is 2.19. The fourth-order valence-corrected chi connectivity index (χ4v) is 1.58. The number of carbonyl (C=O) groups excluding carboxylic acids is 1. The van der Waals surface area contributed by atoms with E-state index in [1.165, 1.54) is 5.56 Å². The Hall–Kier alpha value is -1.31. The van der Waals surface area contributed by atoms with Gasteiger partial charge in [-0.25, -0.2) is 0 Å². The summed E-state index contributed by atoms with van der Waals surface area (Å²) in [4.78, 5) is 10.9. The lowest BCUT2D eigenvalue weighted by atomic mass is 9.86. The van der Waals surface area contributed by atoms with Crippen LogP contribution < -0.4 is 4.74 Å². The average Bonchev–Trinajstić information content (AvgIpc) is 2.18. The molecule has 0 spiro atoms. The zero-order chi connectivity index (χ0) is 11.5. The Labute approximate surface area is 91.3 Å². The highest BCUT2D eigenvalue weighted by Crippen LogP contribution is 2.27. The van der Waals surface area contributed by atoms with Crippen LogP contribution in [0, 0.1) is 12.3 Å². The maximum Gasteiger partial charge on any atom is 0.125 e. The van der Waals surface area contributed by atoms with Gasteiger partial charge in [0.05, 0.1) is 7.11 Å². The Bertz CT molecular complexity index is 354. The summed E-state index contributed by atoms with van der Waals surface area (Å²) in [5, 5.41) is 0. The molecular weight excluding hydrogens is 188 g/mol. The molecule has 0 unspecified atom stereocenters. The van der Waals surface area contributed by atoms with Crippen molar-refractivity contribution in [3.05, 3.63) is 29.3 Å². The van der Waals surface area contributed by atoms with Crippen LogP contribution in [0.2, 0.25) is 0 Å². The van der Waals surface area contributed by atoms with Gasteiger partial charge in [-0.15, -0.1) is 0 Å². The normalized spacial score (nSPS) is 11.2. The predicted octanol–water partition coefficient (Wildman–Crippen LogP) is 2.77. The maximum atomic E-state index is 10.9. The molecule has 0 N–H and O–H groups in total. The van der Waals surface area contributed by atoms with Gasteiger partial charge in [0.1, 0.15) is 12.0 Å². The third-order valence-corrected chi connectivity index (χ3v) is 2.40. The molecule has 0 aromatic heterocycles.